The largest absolute Gasteiger partial charge is 0.505 e. The Morgan fingerprint density at radius 2 is 1.60 bits per heavy atom. The summed E-state index contributed by atoms with van der Waals surface area (Å²) in [5, 5.41) is 19.2. The highest BCUT2D eigenvalue weighted by Crippen LogP contribution is 2.30. The lowest BCUT2D eigenvalue weighted by molar-refractivity contribution is 0.463. The van der Waals surface area contributed by atoms with Gasteiger partial charge >= 0.3 is 0 Å². The predicted molar refractivity (Wildman–Crippen MR) is 79.5 cm³/mol. The van der Waals surface area contributed by atoms with Crippen molar-refractivity contribution in [3.8, 4) is 11.4 Å². The van der Waals surface area contributed by atoms with Gasteiger partial charge in [-0.25, -0.2) is 0 Å². The normalized spacial score (nSPS) is 11.2. The molecule has 0 unspecified atom stereocenters. The molecule has 0 bridgehead atoms. The van der Waals surface area contributed by atoms with Crippen molar-refractivity contribution in [2.24, 2.45) is 0 Å². The van der Waals surface area contributed by atoms with E-state index in [1.54, 1.807) is 0 Å². The predicted octanol–water partition coefficient (Wildman–Crippen LogP) is 3.36. The van der Waals surface area contributed by atoms with Gasteiger partial charge in [-0.05, 0) is 68.1 Å². The molecule has 4 heteroatoms. The van der Waals surface area contributed by atoms with E-state index >= 15 is 0 Å². The third-order valence-electron chi connectivity index (χ3n) is 3.86. The first kappa shape index (κ1) is 12.7. The van der Waals surface area contributed by atoms with Crippen LogP contribution in [0.5, 0.6) is 5.75 Å². The van der Waals surface area contributed by atoms with Gasteiger partial charge in [0.15, 0.2) is 0 Å². The summed E-state index contributed by atoms with van der Waals surface area (Å²) < 4.78 is 0. The lowest BCUT2D eigenvalue weighted by Gasteiger charge is -2.11. The number of aromatic nitrogens is 3. The molecule has 0 amide bonds. The first-order valence-corrected chi connectivity index (χ1v) is 6.61. The molecule has 0 spiro atoms. The zero-order valence-electron chi connectivity index (χ0n) is 12.1. The lowest BCUT2D eigenvalue weighted by atomic mass is 10.0. The number of hydrogen-bond acceptors (Lipinski definition) is 3. The highest BCUT2D eigenvalue weighted by atomic mass is 16.3. The molecular formula is C16H17N3O. The van der Waals surface area contributed by atoms with Crippen molar-refractivity contribution < 1.29 is 5.11 Å². The minimum absolute atomic E-state index is 0.241. The Labute approximate surface area is 117 Å². The maximum Gasteiger partial charge on any atom is 0.146 e. The van der Waals surface area contributed by atoms with E-state index in [1.807, 2.05) is 52.0 Å². The molecule has 3 aromatic rings. The van der Waals surface area contributed by atoms with Crippen LogP contribution in [-0.4, -0.2) is 20.1 Å². The lowest BCUT2D eigenvalue weighted by Crippen LogP contribution is -2.02. The molecule has 0 fully saturated rings. The topological polar surface area (TPSA) is 50.9 Å². The number of phenolic OH excluding ortho intramolecular Hbond substituents is 1. The Kier molecular flexibility index (Phi) is 2.74. The first-order chi connectivity index (χ1) is 9.47. The molecule has 0 radical (unpaired) electrons. The number of benzene rings is 2. The Morgan fingerprint density at radius 3 is 2.35 bits per heavy atom. The summed E-state index contributed by atoms with van der Waals surface area (Å²) >= 11 is 0. The van der Waals surface area contributed by atoms with Crippen molar-refractivity contribution >= 4 is 11.0 Å². The highest BCUT2D eigenvalue weighted by Gasteiger charge is 2.14. The van der Waals surface area contributed by atoms with Crippen LogP contribution < -0.4 is 0 Å². The molecule has 0 aliphatic rings. The van der Waals surface area contributed by atoms with E-state index in [0.717, 1.165) is 33.3 Å². The van der Waals surface area contributed by atoms with Crippen LogP contribution in [0.25, 0.3) is 16.7 Å². The van der Waals surface area contributed by atoms with Gasteiger partial charge in [0.05, 0.1) is 0 Å². The first-order valence-electron chi connectivity index (χ1n) is 6.61. The van der Waals surface area contributed by atoms with Gasteiger partial charge in [0.2, 0.25) is 0 Å². The average Bonchev–Trinajstić information content (AvgIpc) is 2.83. The molecule has 20 heavy (non-hydrogen) atoms. The maximum atomic E-state index is 10.3. The van der Waals surface area contributed by atoms with Crippen LogP contribution in [0, 0.1) is 27.7 Å². The number of aryl methyl sites for hydroxylation is 2. The Hall–Kier alpha value is -2.36. The van der Waals surface area contributed by atoms with Gasteiger partial charge in [-0.1, -0.05) is 6.07 Å². The summed E-state index contributed by atoms with van der Waals surface area (Å²) in [4.78, 5) is 1.51. The quantitative estimate of drug-likeness (QED) is 0.735. The van der Waals surface area contributed by atoms with Crippen molar-refractivity contribution in [1.82, 2.24) is 15.0 Å². The van der Waals surface area contributed by atoms with Gasteiger partial charge in [0.25, 0.3) is 0 Å². The summed E-state index contributed by atoms with van der Waals surface area (Å²) in [5.74, 6) is 0.241. The van der Waals surface area contributed by atoms with E-state index in [0.29, 0.717) is 5.69 Å². The molecule has 4 nitrogen and oxygen atoms in total. The Balaban J connectivity index is 2.25. The molecule has 0 aliphatic carbocycles. The molecule has 2 aromatic carbocycles. The minimum atomic E-state index is 0.241. The SMILES string of the molecule is Cc1ccc2nn(-c3cc(C)c(C)c(C)c3O)nc2c1. The highest BCUT2D eigenvalue weighted by molar-refractivity contribution is 5.75. The van der Waals surface area contributed by atoms with Crippen molar-refractivity contribution in [3.63, 3.8) is 0 Å². The van der Waals surface area contributed by atoms with Gasteiger partial charge in [-0.2, -0.15) is 0 Å². The number of fused-ring (bicyclic) bond motifs is 1. The minimum Gasteiger partial charge on any atom is -0.505 e. The van der Waals surface area contributed by atoms with Crippen molar-refractivity contribution in [2.45, 2.75) is 27.7 Å². The maximum absolute atomic E-state index is 10.3. The molecule has 102 valence electrons. The van der Waals surface area contributed by atoms with Crippen LogP contribution >= 0.6 is 0 Å². The summed E-state index contributed by atoms with van der Waals surface area (Å²) in [7, 11) is 0. The van der Waals surface area contributed by atoms with E-state index in [4.69, 9.17) is 0 Å². The van der Waals surface area contributed by atoms with Crippen molar-refractivity contribution in [1.29, 1.82) is 0 Å². The van der Waals surface area contributed by atoms with Gasteiger partial charge in [-0.15, -0.1) is 15.0 Å². The van der Waals surface area contributed by atoms with Crippen LogP contribution in [0.2, 0.25) is 0 Å². The van der Waals surface area contributed by atoms with Crippen LogP contribution in [0.1, 0.15) is 22.3 Å². The van der Waals surface area contributed by atoms with Gasteiger partial charge in [0, 0.05) is 0 Å². The number of rotatable bonds is 1. The van der Waals surface area contributed by atoms with Gasteiger partial charge < -0.3 is 5.11 Å². The fourth-order valence-electron chi connectivity index (χ4n) is 2.33. The van der Waals surface area contributed by atoms with E-state index in [-0.39, 0.29) is 5.75 Å². The third kappa shape index (κ3) is 1.84. The van der Waals surface area contributed by atoms with Crippen LogP contribution in [0.3, 0.4) is 0 Å². The van der Waals surface area contributed by atoms with Crippen LogP contribution in [-0.2, 0) is 0 Å². The Bertz CT molecular complexity index is 818. The summed E-state index contributed by atoms with van der Waals surface area (Å²) in [6.45, 7) is 7.97. The number of nitrogens with zero attached hydrogens (tertiary/aromatic N) is 3. The number of phenols is 1. The molecule has 3 rings (SSSR count). The fraction of sp³-hybridized carbons (Fsp3) is 0.250. The second-order valence-electron chi connectivity index (χ2n) is 5.29. The fourth-order valence-corrected chi connectivity index (χ4v) is 2.33. The van der Waals surface area contributed by atoms with Crippen molar-refractivity contribution in [3.05, 3.63) is 46.5 Å². The molecule has 0 aliphatic heterocycles. The summed E-state index contributed by atoms with van der Waals surface area (Å²) in [5.41, 5.74) is 6.51. The molecule has 0 saturated carbocycles. The van der Waals surface area contributed by atoms with Crippen molar-refractivity contribution in [2.75, 3.05) is 0 Å². The number of aromatic hydroxyl groups is 1. The standard InChI is InChI=1S/C16H17N3O/c1-9-5-6-13-14(7-9)18-19(17-13)15-8-10(2)11(3)12(4)16(15)20/h5-8,20H,1-4H3. The second-order valence-corrected chi connectivity index (χ2v) is 5.29. The van der Waals surface area contributed by atoms with Gasteiger partial charge in [0.1, 0.15) is 22.5 Å². The zero-order chi connectivity index (χ0) is 14.4. The molecule has 1 N–H and O–H groups in total. The molecule has 0 saturated heterocycles. The molecule has 1 heterocycles. The molecular weight excluding hydrogens is 250 g/mol. The van der Waals surface area contributed by atoms with Gasteiger partial charge in [-0.3, -0.25) is 0 Å². The summed E-state index contributed by atoms with van der Waals surface area (Å²) in [6, 6.07) is 7.86. The molecule has 0 atom stereocenters. The number of hydrogen-bond donors (Lipinski definition) is 1. The van der Waals surface area contributed by atoms with Crippen LogP contribution in [0.4, 0.5) is 0 Å². The summed E-state index contributed by atoms with van der Waals surface area (Å²) in [6.07, 6.45) is 0. The van der Waals surface area contributed by atoms with E-state index in [9.17, 15) is 5.11 Å². The zero-order valence-corrected chi connectivity index (χ0v) is 12.1. The Morgan fingerprint density at radius 1 is 0.900 bits per heavy atom. The average molecular weight is 267 g/mol. The second kappa shape index (κ2) is 4.34. The van der Waals surface area contributed by atoms with Crippen LogP contribution in [0.15, 0.2) is 24.3 Å². The van der Waals surface area contributed by atoms with E-state index in [2.05, 4.69) is 10.2 Å². The third-order valence-corrected chi connectivity index (χ3v) is 3.86. The molecule has 1 aromatic heterocycles. The van der Waals surface area contributed by atoms with E-state index < -0.39 is 0 Å². The smallest absolute Gasteiger partial charge is 0.146 e. The van der Waals surface area contributed by atoms with E-state index in [1.165, 1.54) is 4.80 Å². The monoisotopic (exact) mass is 267 g/mol.